The molecule has 10 rings (SSSR count). The molecule has 0 aliphatic heterocycles. The Bertz CT molecular complexity index is 3320. The highest BCUT2D eigenvalue weighted by atomic mass is 19.2. The van der Waals surface area contributed by atoms with E-state index in [1.54, 1.807) is 82.6 Å². The van der Waals surface area contributed by atoms with E-state index in [-0.39, 0.29) is 33.6 Å². The smallest absolute Gasteiger partial charge is 0.150 e. The highest BCUT2D eigenvalue weighted by molar-refractivity contribution is 6.28. The second kappa shape index (κ2) is 15.7. The van der Waals surface area contributed by atoms with Crippen LogP contribution >= 0.6 is 0 Å². The van der Waals surface area contributed by atoms with Gasteiger partial charge in [-0.15, -0.1) is 0 Å². The van der Waals surface area contributed by atoms with Gasteiger partial charge < -0.3 is 9.80 Å². The van der Waals surface area contributed by atoms with Crippen molar-refractivity contribution in [2.75, 3.05) is 9.80 Å². The minimum absolute atomic E-state index is 0.0393. The fourth-order valence-corrected chi connectivity index (χ4v) is 8.66. The van der Waals surface area contributed by atoms with Crippen LogP contribution < -0.4 is 9.80 Å². The normalized spacial score (nSPS) is 11.2. The first-order valence-electron chi connectivity index (χ1n) is 19.9. The number of hydrogen-bond donors (Lipinski definition) is 0. The summed E-state index contributed by atoms with van der Waals surface area (Å²) in [6.07, 6.45) is 0. The van der Waals surface area contributed by atoms with Gasteiger partial charge in [-0.25, -0.2) is 26.3 Å². The quantitative estimate of drug-likeness (QED) is 0.113. The van der Waals surface area contributed by atoms with Gasteiger partial charge >= 0.3 is 0 Å². The monoisotopic (exact) mass is 846 g/mol. The number of anilines is 6. The van der Waals surface area contributed by atoms with Crippen LogP contribution in [-0.4, -0.2) is 0 Å². The van der Waals surface area contributed by atoms with Crippen LogP contribution in [-0.2, 0) is 0 Å². The van der Waals surface area contributed by atoms with Gasteiger partial charge in [-0.2, -0.15) is 10.5 Å². The summed E-state index contributed by atoms with van der Waals surface area (Å²) in [6.45, 7) is 0. The maximum Gasteiger partial charge on any atom is 0.150 e. The van der Waals surface area contributed by atoms with Gasteiger partial charge in [0.1, 0.15) is 23.3 Å². The summed E-state index contributed by atoms with van der Waals surface area (Å²) in [5.41, 5.74) is 1.81. The first-order valence-corrected chi connectivity index (χ1v) is 19.9. The molecule has 10 aromatic carbocycles. The highest BCUT2D eigenvalue weighted by Gasteiger charge is 2.29. The predicted molar refractivity (Wildman–Crippen MR) is 240 cm³/mol. The third-order valence-corrected chi connectivity index (χ3v) is 11.4. The molecule has 0 unspecified atom stereocenters. The summed E-state index contributed by atoms with van der Waals surface area (Å²) in [4.78, 5) is 3.14. The molecule has 10 aromatic rings. The second-order valence-corrected chi connectivity index (χ2v) is 15.1. The molecule has 4 nitrogen and oxygen atoms in total. The van der Waals surface area contributed by atoms with Crippen molar-refractivity contribution in [3.05, 3.63) is 216 Å². The van der Waals surface area contributed by atoms with Crippen molar-refractivity contribution < 1.29 is 26.3 Å². The zero-order valence-electron chi connectivity index (χ0n) is 33.2. The van der Waals surface area contributed by atoms with Crippen molar-refractivity contribution in [3.8, 4) is 34.4 Å². The molecular formula is C54H28F6N4. The van der Waals surface area contributed by atoms with Crippen LogP contribution in [0.4, 0.5) is 60.5 Å². The average molecular weight is 847 g/mol. The Balaban J connectivity index is 1.28. The minimum atomic E-state index is -0.972. The van der Waals surface area contributed by atoms with E-state index >= 15 is 26.3 Å². The van der Waals surface area contributed by atoms with E-state index in [9.17, 15) is 10.5 Å². The maximum atomic E-state index is 16.7. The van der Waals surface area contributed by atoms with Crippen LogP contribution in [0.5, 0.6) is 0 Å². The number of nitriles is 2. The molecule has 64 heavy (non-hydrogen) atoms. The molecule has 0 saturated heterocycles. The molecule has 0 spiro atoms. The summed E-state index contributed by atoms with van der Waals surface area (Å²) in [6, 6.07) is 46.8. The second-order valence-electron chi connectivity index (χ2n) is 15.1. The Hall–Kier alpha value is -8.60. The summed E-state index contributed by atoms with van der Waals surface area (Å²) in [5.74, 6) is -5.16. The third-order valence-electron chi connectivity index (χ3n) is 11.4. The standard InChI is InChI=1S/C54H28F6N4/c55-35-25-43(39-5-1-3-7-45(39)57)53(47(59)27-35)63(37-17-9-31(29-61)10-18-37)49-23-15-33-14-22-42-50(24-16-34-13-21-41(49)51(33)52(34)42)64(38-19-11-32(30-62)12-20-38)54-44(26-36(56)28-48(54)60)40-6-2-4-8-46(40)58/h1-28H. The van der Waals surface area contributed by atoms with Gasteiger partial charge in [0.15, 0.2) is 11.6 Å². The lowest BCUT2D eigenvalue weighted by molar-refractivity contribution is 0.583. The maximum absolute atomic E-state index is 16.7. The molecule has 0 bridgehead atoms. The lowest BCUT2D eigenvalue weighted by atomic mass is 9.91. The van der Waals surface area contributed by atoms with E-state index in [2.05, 4.69) is 12.1 Å². The number of nitrogens with zero attached hydrogens (tertiary/aromatic N) is 4. The van der Waals surface area contributed by atoms with Crippen molar-refractivity contribution in [3.63, 3.8) is 0 Å². The van der Waals surface area contributed by atoms with E-state index in [4.69, 9.17) is 0 Å². The minimum Gasteiger partial charge on any atom is -0.307 e. The van der Waals surface area contributed by atoms with Gasteiger partial charge in [0.25, 0.3) is 0 Å². The van der Waals surface area contributed by atoms with Crippen molar-refractivity contribution >= 4 is 66.4 Å². The SMILES string of the molecule is N#Cc1ccc(N(c2c(F)cc(F)cc2-c2ccccc2F)c2ccc3ccc4c(N(c5ccc(C#N)cc5)c5c(F)cc(F)cc5-c5ccccc5F)ccc5ccc2c3c54)cc1. The van der Waals surface area contributed by atoms with Gasteiger partial charge in [-0.1, -0.05) is 72.8 Å². The van der Waals surface area contributed by atoms with Crippen LogP contribution in [0, 0.1) is 57.6 Å². The Morgan fingerprint density at radius 1 is 0.359 bits per heavy atom. The molecule has 0 aliphatic carbocycles. The van der Waals surface area contributed by atoms with E-state index in [1.165, 1.54) is 36.4 Å². The summed E-state index contributed by atoms with van der Waals surface area (Å²) in [7, 11) is 0. The number of rotatable bonds is 8. The Kier molecular flexibility index (Phi) is 9.70. The highest BCUT2D eigenvalue weighted by Crippen LogP contribution is 2.51. The molecule has 0 N–H and O–H groups in total. The van der Waals surface area contributed by atoms with Gasteiger partial charge in [-0.3, -0.25) is 0 Å². The number of hydrogen-bond acceptors (Lipinski definition) is 4. The summed E-state index contributed by atoms with van der Waals surface area (Å²) >= 11 is 0. The first kappa shape index (κ1) is 39.5. The van der Waals surface area contributed by atoms with E-state index in [1.807, 2.05) is 36.4 Å². The van der Waals surface area contributed by atoms with Crippen LogP contribution in [0.25, 0.3) is 54.6 Å². The van der Waals surface area contributed by atoms with Crippen molar-refractivity contribution in [1.82, 2.24) is 0 Å². The first-order chi connectivity index (χ1) is 31.1. The van der Waals surface area contributed by atoms with Crippen LogP contribution in [0.2, 0.25) is 0 Å². The van der Waals surface area contributed by atoms with Gasteiger partial charge in [0, 0.05) is 56.5 Å². The topological polar surface area (TPSA) is 54.1 Å². The zero-order valence-corrected chi connectivity index (χ0v) is 33.2. The van der Waals surface area contributed by atoms with Crippen molar-refractivity contribution in [2.24, 2.45) is 0 Å². The lowest BCUT2D eigenvalue weighted by Gasteiger charge is -2.31. The molecule has 0 saturated carbocycles. The molecule has 10 heteroatoms. The zero-order chi connectivity index (χ0) is 44.2. The van der Waals surface area contributed by atoms with Crippen LogP contribution in [0.3, 0.4) is 0 Å². The number of benzene rings is 10. The molecule has 0 aromatic heterocycles. The molecule has 306 valence electrons. The molecule has 0 amide bonds. The van der Waals surface area contributed by atoms with E-state index < -0.39 is 34.9 Å². The molecule has 0 atom stereocenters. The molecule has 0 aliphatic rings. The summed E-state index contributed by atoms with van der Waals surface area (Å²) in [5, 5.41) is 23.5. The predicted octanol–water partition coefficient (Wildman–Crippen LogP) is 15.4. The summed E-state index contributed by atoms with van der Waals surface area (Å²) < 4.78 is 95.0. The Morgan fingerprint density at radius 3 is 1.11 bits per heavy atom. The van der Waals surface area contributed by atoms with Crippen molar-refractivity contribution in [2.45, 2.75) is 0 Å². The van der Waals surface area contributed by atoms with Gasteiger partial charge in [0.05, 0.1) is 46.0 Å². The van der Waals surface area contributed by atoms with Crippen LogP contribution in [0.15, 0.2) is 170 Å². The van der Waals surface area contributed by atoms with Gasteiger partial charge in [-0.05, 0) is 106 Å². The lowest BCUT2D eigenvalue weighted by Crippen LogP contribution is -2.15. The fourth-order valence-electron chi connectivity index (χ4n) is 8.66. The average Bonchev–Trinajstić information content (AvgIpc) is 3.30. The molecule has 0 fully saturated rings. The van der Waals surface area contributed by atoms with Gasteiger partial charge in [0.2, 0.25) is 0 Å². The molecular weight excluding hydrogens is 819 g/mol. The third kappa shape index (κ3) is 6.57. The fraction of sp³-hybridized carbons (Fsp3) is 0. The Labute approximate surface area is 362 Å². The molecule has 0 heterocycles. The van der Waals surface area contributed by atoms with E-state index in [0.29, 0.717) is 55.4 Å². The van der Waals surface area contributed by atoms with E-state index in [0.717, 1.165) is 35.0 Å². The van der Waals surface area contributed by atoms with Crippen LogP contribution in [0.1, 0.15) is 11.1 Å². The largest absolute Gasteiger partial charge is 0.307 e. The van der Waals surface area contributed by atoms with Crippen molar-refractivity contribution in [1.29, 1.82) is 10.5 Å². The molecule has 0 radical (unpaired) electrons. The number of halogens is 6. The Morgan fingerprint density at radius 2 is 0.734 bits per heavy atom.